The van der Waals surface area contributed by atoms with Crippen LogP contribution in [-0.4, -0.2) is 19.6 Å². The predicted molar refractivity (Wildman–Crippen MR) is 64.8 cm³/mol. The molecule has 0 heterocycles. The van der Waals surface area contributed by atoms with Crippen molar-refractivity contribution >= 4 is 15.7 Å². The van der Waals surface area contributed by atoms with Crippen molar-refractivity contribution in [3.05, 3.63) is 29.8 Å². The number of nitrogens with two attached hydrogens (primary N) is 1. The van der Waals surface area contributed by atoms with E-state index < -0.39 is 21.0 Å². The van der Waals surface area contributed by atoms with E-state index in [-0.39, 0.29) is 4.90 Å². The SMILES string of the molecule is CC(C)S(=O)(=O)c1cccc(C#CC(N)=O)c1. The molecular formula is C12H13NO3S. The third-order valence-electron chi connectivity index (χ3n) is 2.11. The molecule has 1 aromatic rings. The van der Waals surface area contributed by atoms with E-state index in [2.05, 4.69) is 11.8 Å². The highest BCUT2D eigenvalue weighted by Gasteiger charge is 2.18. The van der Waals surface area contributed by atoms with Crippen molar-refractivity contribution in [3.8, 4) is 11.8 Å². The van der Waals surface area contributed by atoms with E-state index in [0.29, 0.717) is 5.56 Å². The number of carbonyl (C=O) groups excluding carboxylic acids is 1. The number of benzene rings is 1. The van der Waals surface area contributed by atoms with Gasteiger partial charge in [0.1, 0.15) is 0 Å². The minimum atomic E-state index is -3.32. The summed E-state index contributed by atoms with van der Waals surface area (Å²) in [6.45, 7) is 3.22. The first kappa shape index (κ1) is 13.3. The Morgan fingerprint density at radius 1 is 1.35 bits per heavy atom. The van der Waals surface area contributed by atoms with Gasteiger partial charge in [0.25, 0.3) is 5.91 Å². The van der Waals surface area contributed by atoms with Gasteiger partial charge in [0.2, 0.25) is 0 Å². The molecule has 0 spiro atoms. The molecule has 0 atom stereocenters. The second-order valence-corrected chi connectivity index (χ2v) is 6.24. The number of rotatable bonds is 2. The summed E-state index contributed by atoms with van der Waals surface area (Å²) in [7, 11) is -3.32. The molecule has 0 aliphatic carbocycles. The lowest BCUT2D eigenvalue weighted by Gasteiger charge is -2.07. The Kier molecular flexibility index (Phi) is 3.92. The number of sulfone groups is 1. The first-order valence-corrected chi connectivity index (χ1v) is 6.54. The predicted octanol–water partition coefficient (Wildman–Crippen LogP) is 0.705. The molecule has 0 radical (unpaired) electrons. The van der Waals surface area contributed by atoms with Gasteiger partial charge >= 0.3 is 0 Å². The van der Waals surface area contributed by atoms with E-state index in [1.54, 1.807) is 26.0 Å². The van der Waals surface area contributed by atoms with Gasteiger partial charge in [-0.2, -0.15) is 0 Å². The topological polar surface area (TPSA) is 77.2 Å². The van der Waals surface area contributed by atoms with Crippen molar-refractivity contribution < 1.29 is 13.2 Å². The van der Waals surface area contributed by atoms with Crippen molar-refractivity contribution in [3.63, 3.8) is 0 Å². The number of primary amides is 1. The molecule has 0 aliphatic rings. The van der Waals surface area contributed by atoms with Crippen LogP contribution in [0.25, 0.3) is 0 Å². The standard InChI is InChI=1S/C12H13NO3S/c1-9(2)17(15,16)11-5-3-4-10(8-11)6-7-12(13)14/h3-5,8-9H,1-2H3,(H2,13,14). The molecule has 0 saturated heterocycles. The summed E-state index contributed by atoms with van der Waals surface area (Å²) < 4.78 is 23.8. The van der Waals surface area contributed by atoms with Crippen LogP contribution in [0, 0.1) is 11.8 Å². The average Bonchev–Trinajstić information content (AvgIpc) is 2.26. The van der Waals surface area contributed by atoms with Gasteiger partial charge < -0.3 is 5.73 Å². The molecule has 0 saturated carbocycles. The molecule has 4 nitrogen and oxygen atoms in total. The maximum atomic E-state index is 11.9. The lowest BCUT2D eigenvalue weighted by molar-refractivity contribution is -0.112. The van der Waals surface area contributed by atoms with Crippen molar-refractivity contribution in [2.75, 3.05) is 0 Å². The molecule has 5 heteroatoms. The fourth-order valence-corrected chi connectivity index (χ4v) is 2.26. The Balaban J connectivity index is 3.21. The summed E-state index contributed by atoms with van der Waals surface area (Å²) in [5.74, 6) is 3.92. The Morgan fingerprint density at radius 3 is 2.53 bits per heavy atom. The largest absolute Gasteiger partial charge is 0.359 e. The zero-order valence-corrected chi connectivity index (χ0v) is 10.4. The monoisotopic (exact) mass is 251 g/mol. The highest BCUT2D eigenvalue weighted by Crippen LogP contribution is 2.16. The van der Waals surface area contributed by atoms with Crippen LogP contribution in [0.2, 0.25) is 0 Å². The summed E-state index contributed by atoms with van der Waals surface area (Å²) in [5, 5.41) is -0.498. The number of amides is 1. The smallest absolute Gasteiger partial charge is 0.293 e. The van der Waals surface area contributed by atoms with Crippen LogP contribution >= 0.6 is 0 Å². The van der Waals surface area contributed by atoms with E-state index in [1.807, 2.05) is 0 Å². The lowest BCUT2D eigenvalue weighted by atomic mass is 10.2. The summed E-state index contributed by atoms with van der Waals surface area (Å²) in [6, 6.07) is 6.14. The zero-order chi connectivity index (χ0) is 13.1. The van der Waals surface area contributed by atoms with Gasteiger partial charge in [-0.3, -0.25) is 4.79 Å². The van der Waals surface area contributed by atoms with Crippen LogP contribution in [0.5, 0.6) is 0 Å². The maximum absolute atomic E-state index is 11.9. The van der Waals surface area contributed by atoms with Crippen LogP contribution in [0.4, 0.5) is 0 Å². The van der Waals surface area contributed by atoms with Crippen molar-refractivity contribution in [2.45, 2.75) is 24.0 Å². The molecule has 1 rings (SSSR count). The minimum Gasteiger partial charge on any atom is -0.359 e. The van der Waals surface area contributed by atoms with Crippen LogP contribution < -0.4 is 5.73 Å². The van der Waals surface area contributed by atoms with E-state index in [9.17, 15) is 13.2 Å². The summed E-state index contributed by atoms with van der Waals surface area (Å²) in [5.41, 5.74) is 5.33. The fourth-order valence-electron chi connectivity index (χ4n) is 1.16. The highest BCUT2D eigenvalue weighted by molar-refractivity contribution is 7.92. The first-order chi connectivity index (χ1) is 7.84. The molecule has 0 bridgehead atoms. The van der Waals surface area contributed by atoms with Gasteiger partial charge in [0, 0.05) is 5.56 Å². The van der Waals surface area contributed by atoms with Crippen molar-refractivity contribution in [1.82, 2.24) is 0 Å². The minimum absolute atomic E-state index is 0.198. The Bertz CT molecular complexity index is 592. The van der Waals surface area contributed by atoms with Crippen molar-refractivity contribution in [1.29, 1.82) is 0 Å². The zero-order valence-electron chi connectivity index (χ0n) is 9.60. The quantitative estimate of drug-likeness (QED) is 0.786. The summed E-state index contributed by atoms with van der Waals surface area (Å²) in [6.07, 6.45) is 0. The molecular weight excluding hydrogens is 238 g/mol. The van der Waals surface area contributed by atoms with E-state index in [4.69, 9.17) is 5.73 Å². The Morgan fingerprint density at radius 2 is 2.00 bits per heavy atom. The van der Waals surface area contributed by atoms with E-state index >= 15 is 0 Å². The van der Waals surface area contributed by atoms with Crippen LogP contribution in [0.3, 0.4) is 0 Å². The van der Waals surface area contributed by atoms with Gasteiger partial charge in [-0.25, -0.2) is 8.42 Å². The number of carbonyl (C=O) groups is 1. The highest BCUT2D eigenvalue weighted by atomic mass is 32.2. The summed E-state index contributed by atoms with van der Waals surface area (Å²) in [4.78, 5) is 10.7. The molecule has 0 fully saturated rings. The molecule has 1 aromatic carbocycles. The van der Waals surface area contributed by atoms with Gasteiger partial charge in [0.05, 0.1) is 10.1 Å². The molecule has 0 aromatic heterocycles. The first-order valence-electron chi connectivity index (χ1n) is 4.99. The molecule has 0 unspecified atom stereocenters. The lowest BCUT2D eigenvalue weighted by Crippen LogP contribution is -2.14. The van der Waals surface area contributed by atoms with Gasteiger partial charge in [-0.1, -0.05) is 12.0 Å². The van der Waals surface area contributed by atoms with Gasteiger partial charge in [-0.05, 0) is 38.0 Å². The second kappa shape index (κ2) is 5.02. The molecule has 2 N–H and O–H groups in total. The third-order valence-corrected chi connectivity index (χ3v) is 4.27. The average molecular weight is 251 g/mol. The molecule has 90 valence electrons. The maximum Gasteiger partial charge on any atom is 0.293 e. The molecule has 0 aliphatic heterocycles. The second-order valence-electron chi connectivity index (χ2n) is 3.74. The van der Waals surface area contributed by atoms with E-state index in [0.717, 1.165) is 0 Å². The van der Waals surface area contributed by atoms with Crippen molar-refractivity contribution in [2.24, 2.45) is 5.73 Å². The number of hydrogen-bond acceptors (Lipinski definition) is 3. The van der Waals surface area contributed by atoms with Crippen LogP contribution in [-0.2, 0) is 14.6 Å². The van der Waals surface area contributed by atoms with Crippen LogP contribution in [0.15, 0.2) is 29.2 Å². The number of hydrogen-bond donors (Lipinski definition) is 1. The Hall–Kier alpha value is -1.80. The van der Waals surface area contributed by atoms with Gasteiger partial charge in [0.15, 0.2) is 9.84 Å². The van der Waals surface area contributed by atoms with Crippen LogP contribution in [0.1, 0.15) is 19.4 Å². The normalized spacial score (nSPS) is 10.8. The van der Waals surface area contributed by atoms with Gasteiger partial charge in [-0.15, -0.1) is 0 Å². The summed E-state index contributed by atoms with van der Waals surface area (Å²) >= 11 is 0. The Labute approximate surface area is 101 Å². The molecule has 1 amide bonds. The van der Waals surface area contributed by atoms with E-state index in [1.165, 1.54) is 12.1 Å². The molecule has 17 heavy (non-hydrogen) atoms. The fraction of sp³-hybridized carbons (Fsp3) is 0.250. The third kappa shape index (κ3) is 3.33.